The van der Waals surface area contributed by atoms with Gasteiger partial charge in [-0.1, -0.05) is 12.1 Å². The Morgan fingerprint density at radius 2 is 1.97 bits per heavy atom. The number of nitrogens with one attached hydrogen (secondary N) is 1. The molecule has 1 unspecified atom stereocenters. The minimum absolute atomic E-state index is 0.0817. The smallest absolute Gasteiger partial charge is 0.331 e. The summed E-state index contributed by atoms with van der Waals surface area (Å²) < 4.78 is 10.9. The van der Waals surface area contributed by atoms with Crippen molar-refractivity contribution in [1.29, 1.82) is 0 Å². The molecule has 1 fully saturated rings. The average Bonchev–Trinajstić information content (AvgIpc) is 3.39. The molecule has 1 saturated heterocycles. The van der Waals surface area contributed by atoms with Gasteiger partial charge in [0.25, 0.3) is 5.69 Å². The molecule has 4 rings (SSSR count). The molecule has 198 valence electrons. The highest BCUT2D eigenvalue weighted by Crippen LogP contribution is 2.31. The zero-order valence-corrected chi connectivity index (χ0v) is 20.5. The van der Waals surface area contributed by atoms with Gasteiger partial charge in [0.1, 0.15) is 29.1 Å². The lowest BCUT2D eigenvalue weighted by molar-refractivity contribution is -0.383. The zero-order valence-electron chi connectivity index (χ0n) is 20.5. The first-order valence-electron chi connectivity index (χ1n) is 11.9. The molecule has 2 heterocycles. The molecule has 0 radical (unpaired) electrons. The molecule has 1 aliphatic rings. The van der Waals surface area contributed by atoms with Crippen LogP contribution in [0.15, 0.2) is 54.7 Å². The molecule has 1 aliphatic heterocycles. The van der Waals surface area contributed by atoms with Crippen LogP contribution in [0.5, 0.6) is 11.5 Å². The van der Waals surface area contributed by atoms with Crippen molar-refractivity contribution < 1.29 is 33.9 Å². The second-order valence-corrected chi connectivity index (χ2v) is 8.78. The topological polar surface area (TPSA) is 161 Å². The Morgan fingerprint density at radius 1 is 1.21 bits per heavy atom. The van der Waals surface area contributed by atoms with E-state index in [1.807, 2.05) is 0 Å². The maximum Gasteiger partial charge on any atom is 0.331 e. The molecule has 1 aromatic heterocycles. The number of aromatic hydroxyl groups is 1. The molecule has 2 aromatic carbocycles. The van der Waals surface area contributed by atoms with E-state index in [0.717, 1.165) is 5.56 Å². The van der Waals surface area contributed by atoms with Crippen LogP contribution in [-0.2, 0) is 25.5 Å². The van der Waals surface area contributed by atoms with E-state index in [0.29, 0.717) is 19.4 Å². The molecule has 3 aromatic rings. The Balaban J connectivity index is 1.41. The predicted molar refractivity (Wildman–Crippen MR) is 134 cm³/mol. The summed E-state index contributed by atoms with van der Waals surface area (Å²) in [6.07, 6.45) is 2.62. The van der Waals surface area contributed by atoms with Crippen LogP contribution in [-0.4, -0.2) is 63.1 Å². The molecule has 2 atom stereocenters. The van der Waals surface area contributed by atoms with Crippen molar-refractivity contribution in [3.8, 4) is 11.5 Å². The first-order chi connectivity index (χ1) is 18.2. The predicted octanol–water partition coefficient (Wildman–Crippen LogP) is 2.47. The number of aromatic nitrogens is 1. The van der Waals surface area contributed by atoms with Crippen molar-refractivity contribution in [2.45, 2.75) is 38.3 Å². The molecule has 0 bridgehead atoms. The second-order valence-electron chi connectivity index (χ2n) is 8.78. The molecular weight excluding hydrogens is 496 g/mol. The van der Waals surface area contributed by atoms with Crippen molar-refractivity contribution in [2.24, 2.45) is 0 Å². The van der Waals surface area contributed by atoms with Crippen molar-refractivity contribution in [3.63, 3.8) is 0 Å². The van der Waals surface area contributed by atoms with E-state index in [4.69, 9.17) is 9.47 Å². The van der Waals surface area contributed by atoms with Crippen LogP contribution in [0.1, 0.15) is 25.3 Å². The number of benzene rings is 2. The molecule has 2 amide bonds. The minimum atomic E-state index is -0.903. The van der Waals surface area contributed by atoms with Gasteiger partial charge in [0.15, 0.2) is 0 Å². The summed E-state index contributed by atoms with van der Waals surface area (Å²) in [4.78, 5) is 54.3. The molecule has 0 spiro atoms. The van der Waals surface area contributed by atoms with Crippen LogP contribution < -0.4 is 10.1 Å². The van der Waals surface area contributed by atoms with Gasteiger partial charge >= 0.3 is 5.97 Å². The molecule has 12 nitrogen and oxygen atoms in total. The maximum absolute atomic E-state index is 13.4. The standard InChI is InChI=1S/C26H26N4O8/c1-16(31)28-20(14-17-6-8-18(32)9-7-17)25(33)29-13-3-5-22(29)26(34)38-15-37-23-11-10-21(30(35)36)19-4-2-12-27-24(19)23/h2,4,6-12,20,22,32H,3,5,13-15H2,1H3,(H,28,31)/t20-,22?/m0/s1. The summed E-state index contributed by atoms with van der Waals surface area (Å²) in [5.74, 6) is -1.19. The fourth-order valence-electron chi connectivity index (χ4n) is 4.44. The number of hydrogen-bond acceptors (Lipinski definition) is 9. The Bertz CT molecular complexity index is 1360. The molecule has 38 heavy (non-hydrogen) atoms. The highest BCUT2D eigenvalue weighted by atomic mass is 16.7. The van der Waals surface area contributed by atoms with Gasteiger partial charge in [-0.05, 0) is 48.7 Å². The largest absolute Gasteiger partial charge is 0.508 e. The number of carbonyl (C=O) groups is 3. The number of pyridine rings is 1. The number of carbonyl (C=O) groups excluding carboxylic acids is 3. The summed E-state index contributed by atoms with van der Waals surface area (Å²) in [5.41, 5.74) is 0.854. The third-order valence-electron chi connectivity index (χ3n) is 6.18. The summed E-state index contributed by atoms with van der Waals surface area (Å²) >= 11 is 0. The first kappa shape index (κ1) is 26.3. The lowest BCUT2D eigenvalue weighted by Crippen LogP contribution is -2.52. The first-order valence-corrected chi connectivity index (χ1v) is 11.9. The fourth-order valence-corrected chi connectivity index (χ4v) is 4.44. The van der Waals surface area contributed by atoms with Crippen LogP contribution >= 0.6 is 0 Å². The second kappa shape index (κ2) is 11.5. The lowest BCUT2D eigenvalue weighted by atomic mass is 10.0. The molecule has 0 aliphatic carbocycles. The van der Waals surface area contributed by atoms with Crippen LogP contribution in [0, 0.1) is 10.1 Å². The number of non-ortho nitro benzene ring substituents is 1. The number of esters is 1. The summed E-state index contributed by atoms with van der Waals surface area (Å²) in [5, 5.41) is 23.7. The van der Waals surface area contributed by atoms with Gasteiger partial charge < -0.3 is 24.8 Å². The number of nitro groups is 1. The Hall–Kier alpha value is -4.74. The summed E-state index contributed by atoms with van der Waals surface area (Å²) in [7, 11) is 0. The number of ether oxygens (including phenoxy) is 2. The maximum atomic E-state index is 13.4. The molecule has 12 heteroatoms. The number of fused-ring (bicyclic) bond motifs is 1. The molecule has 2 N–H and O–H groups in total. The van der Waals surface area contributed by atoms with Gasteiger partial charge in [0.2, 0.25) is 18.6 Å². The number of rotatable bonds is 9. The Labute approximate surface area is 217 Å². The third-order valence-corrected chi connectivity index (χ3v) is 6.18. The van der Waals surface area contributed by atoms with Gasteiger partial charge in [-0.15, -0.1) is 0 Å². The fraction of sp³-hybridized carbons (Fsp3) is 0.308. The quantitative estimate of drug-likeness (QED) is 0.186. The van der Waals surface area contributed by atoms with Crippen LogP contribution in [0.2, 0.25) is 0 Å². The van der Waals surface area contributed by atoms with Gasteiger partial charge in [0.05, 0.1) is 10.3 Å². The lowest BCUT2D eigenvalue weighted by Gasteiger charge is -2.28. The van der Waals surface area contributed by atoms with Gasteiger partial charge in [-0.25, -0.2) is 4.79 Å². The Morgan fingerprint density at radius 3 is 2.68 bits per heavy atom. The van der Waals surface area contributed by atoms with E-state index in [-0.39, 0.29) is 34.5 Å². The minimum Gasteiger partial charge on any atom is -0.508 e. The molecular formula is C26H26N4O8. The van der Waals surface area contributed by atoms with Crippen LogP contribution in [0.25, 0.3) is 10.9 Å². The van der Waals surface area contributed by atoms with E-state index in [9.17, 15) is 29.6 Å². The van der Waals surface area contributed by atoms with E-state index in [1.54, 1.807) is 24.3 Å². The highest BCUT2D eigenvalue weighted by molar-refractivity contribution is 5.92. The van der Waals surface area contributed by atoms with Crippen molar-refractivity contribution >= 4 is 34.4 Å². The third kappa shape index (κ3) is 5.97. The number of nitrogens with zero attached hydrogens (tertiary/aromatic N) is 3. The van der Waals surface area contributed by atoms with E-state index < -0.39 is 41.6 Å². The number of phenolic OH excluding ortho intramolecular Hbond substituents is 1. The van der Waals surface area contributed by atoms with Crippen LogP contribution in [0.3, 0.4) is 0 Å². The van der Waals surface area contributed by atoms with E-state index in [2.05, 4.69) is 10.3 Å². The highest BCUT2D eigenvalue weighted by Gasteiger charge is 2.38. The van der Waals surface area contributed by atoms with Crippen molar-refractivity contribution in [2.75, 3.05) is 13.3 Å². The summed E-state index contributed by atoms with van der Waals surface area (Å²) in [6.45, 7) is 1.15. The average molecular weight is 523 g/mol. The number of phenols is 1. The van der Waals surface area contributed by atoms with E-state index in [1.165, 1.54) is 42.3 Å². The number of amides is 2. The Kier molecular flexibility index (Phi) is 8.00. The van der Waals surface area contributed by atoms with Crippen molar-refractivity contribution in [3.05, 3.63) is 70.4 Å². The normalized spacial score (nSPS) is 15.6. The summed E-state index contributed by atoms with van der Waals surface area (Å²) in [6, 6.07) is 10.3. The SMILES string of the molecule is CC(=O)N[C@@H](Cc1ccc(O)cc1)C(=O)N1CCCC1C(=O)OCOc1ccc([N+](=O)[O-])c2cccnc12. The van der Waals surface area contributed by atoms with Crippen LogP contribution in [0.4, 0.5) is 5.69 Å². The zero-order chi connectivity index (χ0) is 27.2. The number of hydrogen-bond donors (Lipinski definition) is 2. The number of nitro benzene ring substituents is 1. The van der Waals surface area contributed by atoms with E-state index >= 15 is 0 Å². The van der Waals surface area contributed by atoms with Crippen molar-refractivity contribution in [1.82, 2.24) is 15.2 Å². The van der Waals surface area contributed by atoms with Gasteiger partial charge in [-0.2, -0.15) is 0 Å². The van der Waals surface area contributed by atoms with Gasteiger partial charge in [0, 0.05) is 32.2 Å². The monoisotopic (exact) mass is 522 g/mol. The molecule has 0 saturated carbocycles. The van der Waals surface area contributed by atoms with Gasteiger partial charge in [-0.3, -0.25) is 24.7 Å². The number of likely N-dealkylation sites (tertiary alicyclic amines) is 1.